The van der Waals surface area contributed by atoms with Crippen LogP contribution < -0.4 is 4.90 Å². The molecule has 0 aliphatic heterocycles. The Morgan fingerprint density at radius 2 is 1.79 bits per heavy atom. The Hall–Kier alpha value is -2.20. The molecule has 0 spiro atoms. The molecule has 0 amide bonds. The second-order valence-electron chi connectivity index (χ2n) is 6.72. The lowest BCUT2D eigenvalue weighted by Gasteiger charge is -2.21. The van der Waals surface area contributed by atoms with Crippen LogP contribution in [0.3, 0.4) is 0 Å². The van der Waals surface area contributed by atoms with Crippen molar-refractivity contribution in [3.63, 3.8) is 0 Å². The number of nitrogens with one attached hydrogen (secondary N) is 2. The average molecular weight is 327 g/mol. The van der Waals surface area contributed by atoms with Gasteiger partial charge in [0.25, 0.3) is 0 Å². The number of hydrogen-bond donors (Lipinski definition) is 2. The molecule has 0 aliphatic carbocycles. The van der Waals surface area contributed by atoms with E-state index in [0.717, 1.165) is 22.7 Å². The van der Waals surface area contributed by atoms with E-state index in [2.05, 4.69) is 24.0 Å². The molecular weight excluding hydrogens is 300 g/mol. The maximum absolute atomic E-state index is 12.9. The first kappa shape index (κ1) is 18.1. The van der Waals surface area contributed by atoms with Gasteiger partial charge in [-0.2, -0.15) is 0 Å². The minimum Gasteiger partial charge on any atom is -0.355 e. The number of H-pyrrole nitrogens is 1. The first-order valence-electron chi connectivity index (χ1n) is 8.35. The number of carbonyl (C=O) groups is 2. The van der Waals surface area contributed by atoms with Crippen LogP contribution >= 0.6 is 0 Å². The molecule has 128 valence electrons. The zero-order chi connectivity index (χ0) is 18.0. The summed E-state index contributed by atoms with van der Waals surface area (Å²) < 4.78 is 0. The first-order chi connectivity index (χ1) is 11.2. The Bertz CT molecular complexity index is 774. The van der Waals surface area contributed by atoms with Crippen LogP contribution in [0, 0.1) is 20.8 Å². The second-order valence-corrected chi connectivity index (χ2v) is 6.72. The lowest BCUT2D eigenvalue weighted by molar-refractivity contribution is -0.907. The molecule has 1 aromatic heterocycles. The van der Waals surface area contributed by atoms with E-state index in [4.69, 9.17) is 0 Å². The van der Waals surface area contributed by atoms with Crippen LogP contribution in [0.5, 0.6) is 0 Å². The summed E-state index contributed by atoms with van der Waals surface area (Å²) in [4.78, 5) is 28.9. The molecule has 2 atom stereocenters. The van der Waals surface area contributed by atoms with Crippen molar-refractivity contribution in [2.45, 2.75) is 47.2 Å². The van der Waals surface area contributed by atoms with Crippen molar-refractivity contribution in [3.05, 3.63) is 57.9 Å². The van der Waals surface area contributed by atoms with Crippen LogP contribution in [0.15, 0.2) is 24.3 Å². The number of ketones is 2. The van der Waals surface area contributed by atoms with Crippen molar-refractivity contribution in [1.29, 1.82) is 0 Å². The number of aromatic amines is 1. The van der Waals surface area contributed by atoms with Gasteiger partial charge in [0.15, 0.2) is 11.8 Å². The molecule has 2 rings (SSSR count). The Balaban J connectivity index is 2.22. The van der Waals surface area contributed by atoms with Gasteiger partial charge in [-0.1, -0.05) is 24.3 Å². The number of aromatic nitrogens is 1. The van der Waals surface area contributed by atoms with Crippen molar-refractivity contribution < 1.29 is 14.5 Å². The third-order valence-corrected chi connectivity index (χ3v) is 4.90. The summed E-state index contributed by atoms with van der Waals surface area (Å²) in [6.45, 7) is 10.0. The van der Waals surface area contributed by atoms with Gasteiger partial charge in [0.05, 0.1) is 12.7 Å². The van der Waals surface area contributed by atoms with Crippen molar-refractivity contribution in [2.75, 3.05) is 7.05 Å². The lowest BCUT2D eigenvalue weighted by atomic mass is 10.0. The normalized spacial score (nSPS) is 13.6. The van der Waals surface area contributed by atoms with Gasteiger partial charge in [-0.3, -0.25) is 9.59 Å². The number of aryl methyl sites for hydroxylation is 2. The van der Waals surface area contributed by atoms with E-state index in [1.54, 1.807) is 0 Å². The van der Waals surface area contributed by atoms with E-state index in [9.17, 15) is 9.59 Å². The fourth-order valence-corrected chi connectivity index (χ4v) is 3.23. The third kappa shape index (κ3) is 3.49. The van der Waals surface area contributed by atoms with E-state index in [1.807, 2.05) is 40.0 Å². The van der Waals surface area contributed by atoms with Crippen LogP contribution in [-0.2, 0) is 6.54 Å². The molecule has 0 saturated carbocycles. The molecule has 2 N–H and O–H groups in total. The summed E-state index contributed by atoms with van der Waals surface area (Å²) in [5, 5.41) is 0. The standard InChI is InChI=1S/C20H26N2O2/c1-12-9-7-8-10-17(12)11-22(6)15(4)20(24)19-13(2)18(16(5)23)14(3)21-19/h7-10,15,21H,11H2,1-6H3/p+1/t15-/m0/s1. The van der Waals surface area contributed by atoms with Gasteiger partial charge in [-0.15, -0.1) is 0 Å². The highest BCUT2D eigenvalue weighted by Gasteiger charge is 2.28. The highest BCUT2D eigenvalue weighted by molar-refractivity contribution is 6.04. The molecule has 4 nitrogen and oxygen atoms in total. The summed E-state index contributed by atoms with van der Waals surface area (Å²) in [5.74, 6) is 0.0442. The average Bonchev–Trinajstić information content (AvgIpc) is 2.82. The molecule has 0 fully saturated rings. The Morgan fingerprint density at radius 3 is 2.33 bits per heavy atom. The highest BCUT2D eigenvalue weighted by atomic mass is 16.1. The Morgan fingerprint density at radius 1 is 1.17 bits per heavy atom. The molecule has 0 saturated heterocycles. The number of hydrogen-bond acceptors (Lipinski definition) is 2. The SMILES string of the molecule is CC(=O)c1c(C)[nH]c(C(=O)[C@H](C)[NH+](C)Cc2ccccc2C)c1C. The maximum Gasteiger partial charge on any atom is 0.235 e. The van der Waals surface area contributed by atoms with E-state index < -0.39 is 0 Å². The molecule has 24 heavy (non-hydrogen) atoms. The van der Waals surface area contributed by atoms with Gasteiger partial charge in [0.2, 0.25) is 5.78 Å². The topological polar surface area (TPSA) is 54.4 Å². The van der Waals surface area contributed by atoms with Crippen molar-refractivity contribution in [1.82, 2.24) is 4.98 Å². The Kier molecular flexibility index (Phi) is 5.40. The number of likely N-dealkylation sites (N-methyl/N-ethyl adjacent to an activating group) is 1. The number of carbonyl (C=O) groups excluding carboxylic acids is 2. The number of Topliss-reactive ketones (excluding diaryl/α,β-unsaturated/α-hetero) is 2. The van der Waals surface area contributed by atoms with Crippen LogP contribution in [0.4, 0.5) is 0 Å². The van der Waals surface area contributed by atoms with E-state index in [0.29, 0.717) is 11.3 Å². The molecular formula is C20H27N2O2+. The minimum absolute atomic E-state index is 0.00596. The number of benzene rings is 1. The van der Waals surface area contributed by atoms with Gasteiger partial charge >= 0.3 is 0 Å². The van der Waals surface area contributed by atoms with Crippen molar-refractivity contribution in [2.24, 2.45) is 0 Å². The summed E-state index contributed by atoms with van der Waals surface area (Å²) in [7, 11) is 2.03. The number of rotatable bonds is 6. The molecule has 0 radical (unpaired) electrons. The van der Waals surface area contributed by atoms with Crippen LogP contribution in [0.2, 0.25) is 0 Å². The van der Waals surface area contributed by atoms with E-state index in [1.165, 1.54) is 18.1 Å². The van der Waals surface area contributed by atoms with E-state index in [-0.39, 0.29) is 17.6 Å². The van der Waals surface area contributed by atoms with Crippen LogP contribution in [0.1, 0.15) is 57.1 Å². The minimum atomic E-state index is -0.193. The zero-order valence-corrected chi connectivity index (χ0v) is 15.4. The molecule has 0 aliphatic rings. The fourth-order valence-electron chi connectivity index (χ4n) is 3.23. The smallest absolute Gasteiger partial charge is 0.235 e. The monoisotopic (exact) mass is 327 g/mol. The van der Waals surface area contributed by atoms with Gasteiger partial charge in [0.1, 0.15) is 6.54 Å². The lowest BCUT2D eigenvalue weighted by Crippen LogP contribution is -3.12. The molecule has 2 aromatic rings. The molecule has 1 heterocycles. The van der Waals surface area contributed by atoms with Crippen molar-refractivity contribution in [3.8, 4) is 0 Å². The summed E-state index contributed by atoms with van der Waals surface area (Å²) in [6.07, 6.45) is 0. The fraction of sp³-hybridized carbons (Fsp3) is 0.400. The molecule has 1 aromatic carbocycles. The maximum atomic E-state index is 12.9. The van der Waals surface area contributed by atoms with Gasteiger partial charge in [0, 0.05) is 16.8 Å². The second kappa shape index (κ2) is 7.14. The summed E-state index contributed by atoms with van der Waals surface area (Å²) in [6, 6.07) is 8.05. The zero-order valence-electron chi connectivity index (χ0n) is 15.4. The van der Waals surface area contributed by atoms with Crippen molar-refractivity contribution >= 4 is 11.6 Å². The molecule has 4 heteroatoms. The van der Waals surface area contributed by atoms with Gasteiger partial charge < -0.3 is 9.88 Å². The Labute approximate surface area is 143 Å². The quantitative estimate of drug-likeness (QED) is 0.801. The van der Waals surface area contributed by atoms with Gasteiger partial charge in [-0.05, 0) is 45.7 Å². The molecule has 1 unspecified atom stereocenters. The first-order valence-corrected chi connectivity index (χ1v) is 8.35. The van der Waals surface area contributed by atoms with Crippen LogP contribution in [-0.4, -0.2) is 29.6 Å². The van der Waals surface area contributed by atoms with E-state index >= 15 is 0 Å². The molecule has 0 bridgehead atoms. The van der Waals surface area contributed by atoms with Gasteiger partial charge in [-0.25, -0.2) is 0 Å². The predicted octanol–water partition coefficient (Wildman–Crippen LogP) is 2.43. The number of quaternary nitrogens is 1. The largest absolute Gasteiger partial charge is 0.355 e. The van der Waals surface area contributed by atoms with Crippen LogP contribution in [0.25, 0.3) is 0 Å². The summed E-state index contributed by atoms with van der Waals surface area (Å²) in [5.41, 5.74) is 5.23. The predicted molar refractivity (Wildman–Crippen MR) is 95.8 cm³/mol. The highest BCUT2D eigenvalue weighted by Crippen LogP contribution is 2.19. The summed E-state index contributed by atoms with van der Waals surface area (Å²) >= 11 is 0. The third-order valence-electron chi connectivity index (χ3n) is 4.90.